The average Bonchev–Trinajstić information content (AvgIpc) is 2.90. The number of benzene rings is 3. The number of nitrogens with zero attached hydrogens (tertiary/aromatic N) is 1. The number of carbonyl (C=O) groups is 2. The Balaban J connectivity index is 1.39. The van der Waals surface area contributed by atoms with Crippen LogP contribution in [0.15, 0.2) is 54.6 Å². The molecule has 35 heavy (non-hydrogen) atoms. The smallest absolute Gasteiger partial charge is 0.339 e. The number of ketones is 1. The molecule has 0 fully saturated rings. The van der Waals surface area contributed by atoms with Crippen molar-refractivity contribution in [2.75, 3.05) is 20.0 Å². The summed E-state index contributed by atoms with van der Waals surface area (Å²) in [7, 11) is 0. The maximum atomic E-state index is 13.2. The first-order valence-electron chi connectivity index (χ1n) is 10.7. The number of hydrogen-bond donors (Lipinski definition) is 0. The molecule has 0 radical (unpaired) electrons. The lowest BCUT2D eigenvalue weighted by Gasteiger charge is -2.20. The van der Waals surface area contributed by atoms with Crippen molar-refractivity contribution in [1.82, 2.24) is 0 Å². The van der Waals surface area contributed by atoms with Gasteiger partial charge in [-0.05, 0) is 24.3 Å². The number of non-ortho nitro benzene ring substituents is 1. The van der Waals surface area contributed by atoms with Gasteiger partial charge in [-0.2, -0.15) is 0 Å². The van der Waals surface area contributed by atoms with Crippen LogP contribution in [0, 0.1) is 10.1 Å². The lowest BCUT2D eigenvalue weighted by atomic mass is 9.98. The molecule has 0 N–H and O–H groups in total. The highest BCUT2D eigenvalue weighted by Crippen LogP contribution is 2.34. The van der Waals surface area contributed by atoms with E-state index in [0.717, 1.165) is 0 Å². The Morgan fingerprint density at radius 3 is 2.51 bits per heavy atom. The van der Waals surface area contributed by atoms with E-state index in [1.165, 1.54) is 24.3 Å². The van der Waals surface area contributed by atoms with E-state index in [4.69, 9.17) is 23.7 Å². The summed E-state index contributed by atoms with van der Waals surface area (Å²) in [5, 5.41) is 11.3. The highest BCUT2D eigenvalue weighted by Gasteiger charge is 2.24. The van der Waals surface area contributed by atoms with Crippen molar-refractivity contribution in [2.24, 2.45) is 0 Å². The largest absolute Gasteiger partial charge is 0.486 e. The number of esters is 1. The minimum absolute atomic E-state index is 0.0153. The maximum absolute atomic E-state index is 13.2. The van der Waals surface area contributed by atoms with Crippen molar-refractivity contribution in [3.8, 4) is 17.2 Å². The molecule has 0 unspecified atom stereocenters. The molecule has 178 valence electrons. The normalized spacial score (nSPS) is 13.8. The second-order valence-corrected chi connectivity index (χ2v) is 7.77. The van der Waals surface area contributed by atoms with E-state index in [9.17, 15) is 19.7 Å². The zero-order chi connectivity index (χ0) is 24.4. The molecule has 0 saturated heterocycles. The van der Waals surface area contributed by atoms with Crippen molar-refractivity contribution in [1.29, 1.82) is 0 Å². The third-order valence-corrected chi connectivity index (χ3v) is 5.54. The fraction of sp³-hybridized carbons (Fsp3) is 0.200. The van der Waals surface area contributed by atoms with Crippen LogP contribution in [0.4, 0.5) is 5.69 Å². The first-order valence-corrected chi connectivity index (χ1v) is 10.7. The Morgan fingerprint density at radius 1 is 0.943 bits per heavy atom. The van der Waals surface area contributed by atoms with Crippen molar-refractivity contribution < 1.29 is 38.2 Å². The summed E-state index contributed by atoms with van der Waals surface area (Å²) in [4.78, 5) is 37.0. The van der Waals surface area contributed by atoms with Crippen LogP contribution >= 0.6 is 0 Å². The molecule has 0 atom stereocenters. The van der Waals surface area contributed by atoms with Gasteiger partial charge in [-0.25, -0.2) is 4.79 Å². The van der Waals surface area contributed by atoms with Crippen molar-refractivity contribution >= 4 is 17.4 Å². The van der Waals surface area contributed by atoms with Crippen LogP contribution < -0.4 is 14.2 Å². The van der Waals surface area contributed by atoms with E-state index in [-0.39, 0.29) is 42.6 Å². The van der Waals surface area contributed by atoms with Crippen LogP contribution in [0.3, 0.4) is 0 Å². The fourth-order valence-electron chi connectivity index (χ4n) is 3.91. The van der Waals surface area contributed by atoms with Crippen molar-refractivity contribution in [2.45, 2.75) is 13.2 Å². The molecular formula is C25H19NO9. The van der Waals surface area contributed by atoms with Gasteiger partial charge in [0.25, 0.3) is 5.69 Å². The van der Waals surface area contributed by atoms with Crippen LogP contribution in [-0.4, -0.2) is 36.7 Å². The summed E-state index contributed by atoms with van der Waals surface area (Å²) < 4.78 is 27.2. The minimum atomic E-state index is -0.751. The molecule has 0 amide bonds. The van der Waals surface area contributed by atoms with Crippen LogP contribution in [0.5, 0.6) is 17.2 Å². The quantitative estimate of drug-likeness (QED) is 0.226. The second kappa shape index (κ2) is 9.43. The molecule has 10 nitrogen and oxygen atoms in total. The van der Waals surface area contributed by atoms with E-state index >= 15 is 0 Å². The van der Waals surface area contributed by atoms with Gasteiger partial charge in [0.2, 0.25) is 0 Å². The zero-order valence-electron chi connectivity index (χ0n) is 18.4. The summed E-state index contributed by atoms with van der Waals surface area (Å²) in [6.07, 6.45) is 0. The highest BCUT2D eigenvalue weighted by molar-refractivity contribution is 6.14. The molecule has 2 heterocycles. The molecule has 0 aliphatic carbocycles. The van der Waals surface area contributed by atoms with Crippen LogP contribution in [-0.2, 0) is 22.7 Å². The van der Waals surface area contributed by atoms with Gasteiger partial charge in [-0.3, -0.25) is 14.9 Å². The molecule has 2 aliphatic heterocycles. The maximum Gasteiger partial charge on any atom is 0.339 e. The number of fused-ring (bicyclic) bond motifs is 2. The summed E-state index contributed by atoms with van der Waals surface area (Å²) in [5.41, 5.74) is 1.21. The molecule has 2 aliphatic rings. The van der Waals surface area contributed by atoms with E-state index < -0.39 is 10.9 Å². The Bertz CT molecular complexity index is 1330. The average molecular weight is 477 g/mol. The molecule has 3 aromatic rings. The first kappa shape index (κ1) is 22.4. The predicted octanol–water partition coefficient (Wildman–Crippen LogP) is 3.82. The zero-order valence-corrected chi connectivity index (χ0v) is 18.4. The standard InChI is InChI=1S/C25H19NO9/c27-23(15-5-6-21-22(11-15)33-8-7-32-21)19-3-1-2-4-20(19)25(28)34-13-17-10-18(26(29)30)9-16-12-31-14-35-24(16)17/h1-6,9-11H,7-8,12-14H2. The van der Waals surface area contributed by atoms with Gasteiger partial charge in [0.15, 0.2) is 24.1 Å². The fourth-order valence-corrected chi connectivity index (χ4v) is 3.91. The van der Waals surface area contributed by atoms with Crippen molar-refractivity contribution in [3.63, 3.8) is 0 Å². The van der Waals surface area contributed by atoms with Gasteiger partial charge in [0.1, 0.15) is 25.6 Å². The third-order valence-electron chi connectivity index (χ3n) is 5.54. The summed E-state index contributed by atoms with van der Waals surface area (Å²) in [5.74, 6) is 0.256. The second-order valence-electron chi connectivity index (χ2n) is 7.77. The Morgan fingerprint density at radius 2 is 1.71 bits per heavy atom. The summed E-state index contributed by atoms with van der Waals surface area (Å²) >= 11 is 0. The van der Waals surface area contributed by atoms with Crippen LogP contribution in [0.1, 0.15) is 37.4 Å². The number of nitro benzene ring substituents is 1. The topological polar surface area (TPSA) is 123 Å². The van der Waals surface area contributed by atoms with Gasteiger partial charge in [-0.15, -0.1) is 0 Å². The molecule has 10 heteroatoms. The van der Waals surface area contributed by atoms with E-state index in [1.807, 2.05) is 0 Å². The number of hydrogen-bond acceptors (Lipinski definition) is 9. The number of nitro groups is 1. The SMILES string of the molecule is O=C(OCc1cc([N+](=O)[O-])cc2c1OCOC2)c1ccccc1C(=O)c1ccc2c(c1)OCCO2. The molecule has 0 spiro atoms. The lowest BCUT2D eigenvalue weighted by molar-refractivity contribution is -0.385. The van der Waals surface area contributed by atoms with Gasteiger partial charge >= 0.3 is 5.97 Å². The van der Waals surface area contributed by atoms with E-state index in [1.54, 1.807) is 30.3 Å². The molecule has 3 aromatic carbocycles. The van der Waals surface area contributed by atoms with Crippen molar-refractivity contribution in [3.05, 3.63) is 92.5 Å². The lowest BCUT2D eigenvalue weighted by Crippen LogP contribution is -2.17. The third kappa shape index (κ3) is 4.51. The van der Waals surface area contributed by atoms with Crippen LogP contribution in [0.25, 0.3) is 0 Å². The van der Waals surface area contributed by atoms with E-state index in [2.05, 4.69) is 0 Å². The molecule has 0 bridgehead atoms. The molecular weight excluding hydrogens is 458 g/mol. The van der Waals surface area contributed by atoms with E-state index in [0.29, 0.717) is 47.2 Å². The molecule has 0 aromatic heterocycles. The summed E-state index contributed by atoms with van der Waals surface area (Å²) in [6.45, 7) is 0.657. The number of ether oxygens (including phenoxy) is 5. The summed E-state index contributed by atoms with van der Waals surface area (Å²) in [6, 6.07) is 13.8. The number of rotatable bonds is 6. The van der Waals surface area contributed by atoms with Gasteiger partial charge < -0.3 is 23.7 Å². The molecule has 0 saturated carbocycles. The Labute approximate surface area is 199 Å². The monoisotopic (exact) mass is 477 g/mol. The Kier molecular flexibility index (Phi) is 6.02. The first-order chi connectivity index (χ1) is 17.0. The van der Waals surface area contributed by atoms with Gasteiger partial charge in [0.05, 0.1) is 17.1 Å². The van der Waals surface area contributed by atoms with Crippen LogP contribution in [0.2, 0.25) is 0 Å². The Hall–Kier alpha value is -4.44. The molecule has 5 rings (SSSR count). The van der Waals surface area contributed by atoms with Gasteiger partial charge in [0, 0.05) is 34.4 Å². The minimum Gasteiger partial charge on any atom is -0.486 e. The van der Waals surface area contributed by atoms with Gasteiger partial charge in [-0.1, -0.05) is 18.2 Å². The highest BCUT2D eigenvalue weighted by atomic mass is 16.7. The number of carbonyl (C=O) groups excluding carboxylic acids is 2. The predicted molar refractivity (Wildman–Crippen MR) is 120 cm³/mol.